The number of benzene rings is 2. The number of rotatable bonds is 6. The number of nitrogens with zero attached hydrogens (tertiary/aromatic N) is 6. The van der Waals surface area contributed by atoms with Gasteiger partial charge in [0.25, 0.3) is 0 Å². The Morgan fingerprint density at radius 2 is 1.69 bits per heavy atom. The molecule has 8 heteroatoms. The zero-order valence-corrected chi connectivity index (χ0v) is 18.4. The fourth-order valence-electron chi connectivity index (χ4n) is 5.03. The molecule has 5 rings (SSSR count). The second kappa shape index (κ2) is 9.24. The van der Waals surface area contributed by atoms with E-state index in [4.69, 9.17) is 4.74 Å². The summed E-state index contributed by atoms with van der Waals surface area (Å²) in [5.74, 6) is 1.55. The Bertz CT molecular complexity index is 1020. The van der Waals surface area contributed by atoms with Crippen molar-refractivity contribution in [2.75, 3.05) is 38.2 Å². The highest BCUT2D eigenvalue weighted by atomic mass is 19.1. The van der Waals surface area contributed by atoms with E-state index in [1.54, 1.807) is 13.2 Å². The zero-order chi connectivity index (χ0) is 21.9. The molecule has 7 nitrogen and oxygen atoms in total. The standard InChI is InChI=1S/C24H29FN6O/c1-32-20-12-10-18(11-13-20)23(24-26-27-28-31(24)19-6-2-3-7-19)30-16-14-29(15-17-30)22-9-5-4-8-21(22)25/h4-5,8-13,19,23H,2-3,6-7,14-17H2,1H3. The minimum atomic E-state index is -0.169. The maximum atomic E-state index is 14.3. The lowest BCUT2D eigenvalue weighted by Gasteiger charge is -2.40. The molecule has 0 spiro atoms. The Hall–Kier alpha value is -3.00. The van der Waals surface area contributed by atoms with Gasteiger partial charge < -0.3 is 9.64 Å². The Balaban J connectivity index is 1.43. The smallest absolute Gasteiger partial charge is 0.173 e. The molecule has 0 N–H and O–H groups in total. The second-order valence-electron chi connectivity index (χ2n) is 8.57. The van der Waals surface area contributed by atoms with E-state index in [1.165, 1.54) is 18.9 Å². The number of methoxy groups -OCH3 is 1. The lowest BCUT2D eigenvalue weighted by molar-refractivity contribution is 0.197. The Morgan fingerprint density at radius 3 is 2.38 bits per heavy atom. The van der Waals surface area contributed by atoms with Crippen molar-refractivity contribution in [2.45, 2.75) is 37.8 Å². The van der Waals surface area contributed by atoms with Gasteiger partial charge in [-0.1, -0.05) is 37.1 Å². The summed E-state index contributed by atoms with van der Waals surface area (Å²) in [4.78, 5) is 4.53. The average Bonchev–Trinajstić information content (AvgIpc) is 3.53. The second-order valence-corrected chi connectivity index (χ2v) is 8.57. The van der Waals surface area contributed by atoms with Crippen LogP contribution in [-0.4, -0.2) is 58.4 Å². The van der Waals surface area contributed by atoms with Gasteiger partial charge in [-0.15, -0.1) is 5.10 Å². The minimum absolute atomic E-state index is 0.0562. The molecule has 1 unspecified atom stereocenters. The molecule has 2 fully saturated rings. The van der Waals surface area contributed by atoms with Crippen molar-refractivity contribution in [3.63, 3.8) is 0 Å². The number of anilines is 1. The molecule has 1 saturated carbocycles. The van der Waals surface area contributed by atoms with Crippen LogP contribution in [0.1, 0.15) is 49.2 Å². The van der Waals surface area contributed by atoms with E-state index >= 15 is 0 Å². The van der Waals surface area contributed by atoms with Crippen molar-refractivity contribution in [2.24, 2.45) is 0 Å². The zero-order valence-electron chi connectivity index (χ0n) is 18.4. The van der Waals surface area contributed by atoms with Crippen LogP contribution in [-0.2, 0) is 0 Å². The van der Waals surface area contributed by atoms with Crippen LogP contribution >= 0.6 is 0 Å². The number of ether oxygens (including phenoxy) is 1. The van der Waals surface area contributed by atoms with Gasteiger partial charge in [0.05, 0.1) is 24.9 Å². The van der Waals surface area contributed by atoms with Crippen molar-refractivity contribution in [3.05, 3.63) is 65.7 Å². The maximum Gasteiger partial charge on any atom is 0.173 e. The van der Waals surface area contributed by atoms with E-state index in [-0.39, 0.29) is 11.9 Å². The lowest BCUT2D eigenvalue weighted by Crippen LogP contribution is -2.48. The van der Waals surface area contributed by atoms with E-state index in [0.717, 1.165) is 56.2 Å². The van der Waals surface area contributed by atoms with E-state index in [2.05, 4.69) is 37.5 Å². The topological polar surface area (TPSA) is 59.3 Å². The molecule has 2 aromatic carbocycles. The van der Waals surface area contributed by atoms with Gasteiger partial charge in [0.1, 0.15) is 11.6 Å². The fourth-order valence-corrected chi connectivity index (χ4v) is 5.03. The number of hydrogen-bond donors (Lipinski definition) is 0. The van der Waals surface area contributed by atoms with Gasteiger partial charge in [-0.25, -0.2) is 9.07 Å². The Kier molecular flexibility index (Phi) is 6.03. The molecule has 1 atom stereocenters. The molecule has 0 bridgehead atoms. The third kappa shape index (κ3) is 4.07. The molecule has 2 aliphatic rings. The van der Waals surface area contributed by atoms with Crippen LogP contribution < -0.4 is 9.64 Å². The number of hydrogen-bond acceptors (Lipinski definition) is 6. The average molecular weight is 437 g/mol. The molecule has 3 aromatic rings. The first kappa shape index (κ1) is 20.9. The van der Waals surface area contributed by atoms with Crippen LogP contribution in [0.25, 0.3) is 0 Å². The first-order chi connectivity index (χ1) is 15.7. The summed E-state index contributed by atoms with van der Waals surface area (Å²) < 4.78 is 21.7. The Morgan fingerprint density at radius 1 is 0.969 bits per heavy atom. The largest absolute Gasteiger partial charge is 0.497 e. The SMILES string of the molecule is COc1ccc(C(c2nnnn2C2CCCC2)N2CCN(c3ccccc3F)CC2)cc1. The molecule has 1 saturated heterocycles. The summed E-state index contributed by atoms with van der Waals surface area (Å²) in [6.07, 6.45) is 4.68. The number of halogens is 1. The highest BCUT2D eigenvalue weighted by Crippen LogP contribution is 2.35. The summed E-state index contributed by atoms with van der Waals surface area (Å²) in [6, 6.07) is 15.5. The van der Waals surface area contributed by atoms with Crippen LogP contribution in [0.15, 0.2) is 48.5 Å². The third-order valence-corrected chi connectivity index (χ3v) is 6.74. The molecular formula is C24H29FN6O. The van der Waals surface area contributed by atoms with Gasteiger partial charge in [0, 0.05) is 26.2 Å². The monoisotopic (exact) mass is 436 g/mol. The van der Waals surface area contributed by atoms with Crippen LogP contribution in [0.3, 0.4) is 0 Å². The molecule has 0 amide bonds. The van der Waals surface area contributed by atoms with Crippen LogP contribution in [0.5, 0.6) is 5.75 Å². The van der Waals surface area contributed by atoms with Crippen molar-refractivity contribution < 1.29 is 9.13 Å². The number of tetrazole rings is 1. The first-order valence-electron chi connectivity index (χ1n) is 11.4. The van der Waals surface area contributed by atoms with Gasteiger partial charge in [-0.3, -0.25) is 4.90 Å². The molecule has 1 aromatic heterocycles. The van der Waals surface area contributed by atoms with Crippen molar-refractivity contribution in [1.29, 1.82) is 0 Å². The summed E-state index contributed by atoms with van der Waals surface area (Å²) in [5.41, 5.74) is 1.81. The fraction of sp³-hybridized carbons (Fsp3) is 0.458. The highest BCUT2D eigenvalue weighted by molar-refractivity contribution is 5.48. The number of aromatic nitrogens is 4. The van der Waals surface area contributed by atoms with Gasteiger partial charge in [-0.2, -0.15) is 0 Å². The summed E-state index contributed by atoms with van der Waals surface area (Å²) in [5, 5.41) is 13.0. The van der Waals surface area contributed by atoms with Gasteiger partial charge >= 0.3 is 0 Å². The van der Waals surface area contributed by atoms with Gasteiger partial charge in [-0.05, 0) is 53.1 Å². The van der Waals surface area contributed by atoms with Crippen molar-refractivity contribution in [1.82, 2.24) is 25.1 Å². The Labute approximate surface area is 187 Å². The van der Waals surface area contributed by atoms with E-state index < -0.39 is 0 Å². The predicted octanol–water partition coefficient (Wildman–Crippen LogP) is 3.85. The minimum Gasteiger partial charge on any atom is -0.497 e. The molecule has 1 aliphatic carbocycles. The normalized spacial score (nSPS) is 18.8. The molecule has 0 radical (unpaired) electrons. The molecule has 32 heavy (non-hydrogen) atoms. The molecule has 2 heterocycles. The van der Waals surface area contributed by atoms with E-state index in [9.17, 15) is 4.39 Å². The van der Waals surface area contributed by atoms with E-state index in [1.807, 2.05) is 28.9 Å². The summed E-state index contributed by atoms with van der Waals surface area (Å²) in [6.45, 7) is 3.09. The van der Waals surface area contributed by atoms with Crippen molar-refractivity contribution in [3.8, 4) is 5.75 Å². The van der Waals surface area contributed by atoms with Crippen LogP contribution in [0, 0.1) is 5.82 Å². The predicted molar refractivity (Wildman–Crippen MR) is 120 cm³/mol. The molecule has 1 aliphatic heterocycles. The number of para-hydroxylation sites is 1. The quantitative estimate of drug-likeness (QED) is 0.585. The summed E-state index contributed by atoms with van der Waals surface area (Å²) >= 11 is 0. The van der Waals surface area contributed by atoms with Gasteiger partial charge in [0.15, 0.2) is 5.82 Å². The molecular weight excluding hydrogens is 407 g/mol. The van der Waals surface area contributed by atoms with Crippen molar-refractivity contribution >= 4 is 5.69 Å². The first-order valence-corrected chi connectivity index (χ1v) is 11.4. The number of piperazine rings is 1. The third-order valence-electron chi connectivity index (χ3n) is 6.74. The summed E-state index contributed by atoms with van der Waals surface area (Å²) in [7, 11) is 1.68. The molecule has 168 valence electrons. The lowest BCUT2D eigenvalue weighted by atomic mass is 10.0. The van der Waals surface area contributed by atoms with E-state index in [0.29, 0.717) is 11.7 Å². The van der Waals surface area contributed by atoms with Crippen LogP contribution in [0.2, 0.25) is 0 Å². The maximum absolute atomic E-state index is 14.3. The van der Waals surface area contributed by atoms with Gasteiger partial charge in [0.2, 0.25) is 0 Å². The van der Waals surface area contributed by atoms with Crippen LogP contribution in [0.4, 0.5) is 10.1 Å². The highest BCUT2D eigenvalue weighted by Gasteiger charge is 2.33.